The first-order valence-corrected chi connectivity index (χ1v) is 3.00. The molecular formula is C6H12F2N2. The second kappa shape index (κ2) is 4.22. The number of alkyl halides is 2. The van der Waals surface area contributed by atoms with Crippen molar-refractivity contribution in [3.63, 3.8) is 0 Å². The first-order valence-electron chi connectivity index (χ1n) is 3.00. The molecule has 0 aromatic heterocycles. The molecule has 0 bridgehead atoms. The average molecular weight is 150 g/mol. The zero-order valence-corrected chi connectivity index (χ0v) is 5.90. The van der Waals surface area contributed by atoms with Crippen molar-refractivity contribution in [1.29, 1.82) is 0 Å². The molecule has 0 spiro atoms. The number of rotatable bonds is 4. The van der Waals surface area contributed by atoms with Crippen LogP contribution >= 0.6 is 0 Å². The Hall–Kier alpha value is -0.640. The number of hydrogen-bond acceptors (Lipinski definition) is 2. The molecule has 0 unspecified atom stereocenters. The lowest BCUT2D eigenvalue weighted by atomic mass is 10.3. The fraction of sp³-hybridized carbons (Fsp3) is 0.667. The largest absolute Gasteiger partial charge is 0.382 e. The van der Waals surface area contributed by atoms with E-state index in [1.165, 1.54) is 0 Å². The van der Waals surface area contributed by atoms with E-state index >= 15 is 0 Å². The topological polar surface area (TPSA) is 38.0 Å². The Morgan fingerprint density at radius 2 is 2.20 bits per heavy atom. The molecule has 1 atom stereocenters. The molecule has 0 radical (unpaired) electrons. The quantitative estimate of drug-likeness (QED) is 0.619. The molecule has 0 heterocycles. The maximum atomic E-state index is 11.5. The highest BCUT2D eigenvalue weighted by atomic mass is 19.3. The van der Waals surface area contributed by atoms with Crippen molar-refractivity contribution in [1.82, 2.24) is 5.32 Å². The van der Waals surface area contributed by atoms with Crippen LogP contribution in [0.5, 0.6) is 0 Å². The van der Waals surface area contributed by atoms with Crippen LogP contribution in [0.3, 0.4) is 0 Å². The summed E-state index contributed by atoms with van der Waals surface area (Å²) in [5.74, 6) is 0. The Morgan fingerprint density at radius 3 is 2.50 bits per heavy atom. The molecule has 0 saturated carbocycles. The van der Waals surface area contributed by atoms with Crippen LogP contribution in [0.15, 0.2) is 12.3 Å². The van der Waals surface area contributed by atoms with Gasteiger partial charge >= 0.3 is 0 Å². The molecular weight excluding hydrogens is 138 g/mol. The van der Waals surface area contributed by atoms with E-state index in [1.54, 1.807) is 6.92 Å². The van der Waals surface area contributed by atoms with E-state index in [0.29, 0.717) is 5.70 Å². The van der Waals surface area contributed by atoms with Crippen molar-refractivity contribution in [3.8, 4) is 0 Å². The van der Waals surface area contributed by atoms with Gasteiger partial charge in [0.1, 0.15) is 0 Å². The van der Waals surface area contributed by atoms with Gasteiger partial charge in [-0.25, -0.2) is 8.78 Å². The second-order valence-electron chi connectivity index (χ2n) is 2.09. The van der Waals surface area contributed by atoms with Crippen molar-refractivity contribution in [2.24, 2.45) is 5.73 Å². The van der Waals surface area contributed by atoms with Crippen LogP contribution in [0.25, 0.3) is 0 Å². The summed E-state index contributed by atoms with van der Waals surface area (Å²) in [7, 11) is 0. The molecule has 4 heteroatoms. The molecule has 0 fully saturated rings. The van der Waals surface area contributed by atoms with Crippen molar-refractivity contribution >= 4 is 0 Å². The Labute approximate surface area is 59.1 Å². The fourth-order valence-corrected chi connectivity index (χ4v) is 0.369. The van der Waals surface area contributed by atoms with Gasteiger partial charge in [-0.2, -0.15) is 0 Å². The third-order valence-electron chi connectivity index (χ3n) is 1.03. The van der Waals surface area contributed by atoms with Gasteiger partial charge in [-0.1, -0.05) is 6.58 Å². The lowest BCUT2D eigenvalue weighted by Crippen LogP contribution is -2.30. The standard InChI is InChI=1S/C6H12F2N2/c1-4(9)5(2)10-3-6(7)8/h4,6,10H,2-3,9H2,1H3/t4-/m1/s1. The number of halogens is 2. The Morgan fingerprint density at radius 1 is 1.70 bits per heavy atom. The average Bonchev–Trinajstić information content (AvgIpc) is 1.82. The molecule has 0 aromatic rings. The molecule has 3 N–H and O–H groups in total. The minimum absolute atomic E-state index is 0.279. The summed E-state index contributed by atoms with van der Waals surface area (Å²) >= 11 is 0. The summed E-state index contributed by atoms with van der Waals surface area (Å²) in [5, 5.41) is 2.41. The molecule has 0 aliphatic heterocycles. The molecule has 0 amide bonds. The molecule has 0 saturated heterocycles. The molecule has 0 aliphatic rings. The summed E-state index contributed by atoms with van der Waals surface area (Å²) in [6.45, 7) is 4.76. The van der Waals surface area contributed by atoms with E-state index in [0.717, 1.165) is 0 Å². The van der Waals surface area contributed by atoms with Crippen molar-refractivity contribution in [2.75, 3.05) is 6.54 Å². The van der Waals surface area contributed by atoms with Crippen LogP contribution in [0.1, 0.15) is 6.92 Å². The minimum atomic E-state index is -2.35. The van der Waals surface area contributed by atoms with Gasteiger partial charge in [0.15, 0.2) is 0 Å². The van der Waals surface area contributed by atoms with Gasteiger partial charge in [-0.3, -0.25) is 0 Å². The van der Waals surface area contributed by atoms with Gasteiger partial charge < -0.3 is 11.1 Å². The van der Waals surface area contributed by atoms with Gasteiger partial charge in [-0.15, -0.1) is 0 Å². The predicted octanol–water partition coefficient (Wildman–Crippen LogP) is 0.702. The Kier molecular flexibility index (Phi) is 3.95. The Bertz CT molecular complexity index is 112. The highest BCUT2D eigenvalue weighted by Crippen LogP contribution is 1.93. The SMILES string of the molecule is C=C(NCC(F)F)[C@@H](C)N. The maximum Gasteiger partial charge on any atom is 0.255 e. The first-order chi connectivity index (χ1) is 4.54. The minimum Gasteiger partial charge on any atom is -0.382 e. The van der Waals surface area contributed by atoms with E-state index in [9.17, 15) is 8.78 Å². The predicted molar refractivity (Wildman–Crippen MR) is 36.8 cm³/mol. The Balaban J connectivity index is 3.40. The van der Waals surface area contributed by atoms with Gasteiger partial charge in [0.25, 0.3) is 6.43 Å². The number of nitrogens with one attached hydrogen (secondary N) is 1. The van der Waals surface area contributed by atoms with Crippen molar-refractivity contribution in [3.05, 3.63) is 12.3 Å². The second-order valence-corrected chi connectivity index (χ2v) is 2.09. The maximum absolute atomic E-state index is 11.5. The zero-order chi connectivity index (χ0) is 8.15. The van der Waals surface area contributed by atoms with Gasteiger partial charge in [0.05, 0.1) is 6.54 Å². The molecule has 2 nitrogen and oxygen atoms in total. The van der Waals surface area contributed by atoms with Crippen LogP contribution in [0, 0.1) is 0 Å². The molecule has 0 rings (SSSR count). The lowest BCUT2D eigenvalue weighted by molar-refractivity contribution is 0.149. The zero-order valence-electron chi connectivity index (χ0n) is 5.90. The van der Waals surface area contributed by atoms with Crippen molar-refractivity contribution in [2.45, 2.75) is 19.4 Å². The monoisotopic (exact) mass is 150 g/mol. The summed E-state index contributed by atoms with van der Waals surface area (Å²) in [4.78, 5) is 0. The summed E-state index contributed by atoms with van der Waals surface area (Å²) in [6, 6.07) is -0.279. The highest BCUT2D eigenvalue weighted by molar-refractivity contribution is 4.99. The molecule has 60 valence electrons. The number of hydrogen-bond donors (Lipinski definition) is 2. The normalized spacial score (nSPS) is 13.3. The van der Waals surface area contributed by atoms with Crippen LogP contribution < -0.4 is 11.1 Å². The van der Waals surface area contributed by atoms with Crippen LogP contribution in [0.2, 0.25) is 0 Å². The van der Waals surface area contributed by atoms with E-state index in [-0.39, 0.29) is 12.6 Å². The van der Waals surface area contributed by atoms with Crippen molar-refractivity contribution < 1.29 is 8.78 Å². The van der Waals surface area contributed by atoms with Crippen LogP contribution in [-0.4, -0.2) is 19.0 Å². The van der Waals surface area contributed by atoms with E-state index in [2.05, 4.69) is 11.9 Å². The van der Waals surface area contributed by atoms with Gasteiger partial charge in [0.2, 0.25) is 0 Å². The summed E-state index contributed by atoms with van der Waals surface area (Å²) in [6.07, 6.45) is -2.35. The van der Waals surface area contributed by atoms with Gasteiger partial charge in [-0.05, 0) is 6.92 Å². The van der Waals surface area contributed by atoms with Crippen LogP contribution in [-0.2, 0) is 0 Å². The number of nitrogens with two attached hydrogens (primary N) is 1. The summed E-state index contributed by atoms with van der Waals surface area (Å²) < 4.78 is 23.0. The van der Waals surface area contributed by atoms with E-state index in [1.807, 2.05) is 0 Å². The lowest BCUT2D eigenvalue weighted by Gasteiger charge is -2.11. The molecule has 0 aromatic carbocycles. The van der Waals surface area contributed by atoms with E-state index in [4.69, 9.17) is 5.73 Å². The van der Waals surface area contributed by atoms with Gasteiger partial charge in [0, 0.05) is 11.7 Å². The smallest absolute Gasteiger partial charge is 0.255 e. The van der Waals surface area contributed by atoms with E-state index < -0.39 is 6.43 Å². The third kappa shape index (κ3) is 4.26. The molecule has 0 aliphatic carbocycles. The third-order valence-corrected chi connectivity index (χ3v) is 1.03. The first kappa shape index (κ1) is 9.36. The summed E-state index contributed by atoms with van der Waals surface area (Å²) in [5.41, 5.74) is 5.76. The molecule has 10 heavy (non-hydrogen) atoms. The fourth-order valence-electron chi connectivity index (χ4n) is 0.369. The highest BCUT2D eigenvalue weighted by Gasteiger charge is 2.03. The van der Waals surface area contributed by atoms with Crippen LogP contribution in [0.4, 0.5) is 8.78 Å².